The van der Waals surface area contributed by atoms with Gasteiger partial charge in [0.25, 0.3) is 15.7 Å². The molecule has 2 aromatic carbocycles. The first kappa shape index (κ1) is 17.2. The van der Waals surface area contributed by atoms with Crippen LogP contribution in [0.5, 0.6) is 0 Å². The molecule has 0 saturated carbocycles. The Balaban J connectivity index is 2.05. The van der Waals surface area contributed by atoms with E-state index in [0.717, 1.165) is 0 Å². The van der Waals surface area contributed by atoms with E-state index in [4.69, 9.17) is 5.73 Å². The number of benzene rings is 2. The van der Waals surface area contributed by atoms with Crippen molar-refractivity contribution >= 4 is 33.7 Å². The van der Waals surface area contributed by atoms with Crippen LogP contribution in [0.3, 0.4) is 0 Å². The topological polar surface area (TPSA) is 128 Å². The second kappa shape index (κ2) is 7.38. The Morgan fingerprint density at radius 3 is 2.46 bits per heavy atom. The number of rotatable bonds is 6. The van der Waals surface area contributed by atoms with Gasteiger partial charge in [-0.25, -0.2) is 4.83 Å². The molecule has 124 valence electrons. The van der Waals surface area contributed by atoms with Crippen molar-refractivity contribution < 1.29 is 13.3 Å². The lowest BCUT2D eigenvalue weighted by Gasteiger charge is -2.02. The fourth-order valence-electron chi connectivity index (χ4n) is 1.78. The van der Waals surface area contributed by atoms with Crippen LogP contribution in [-0.2, 0) is 10.0 Å². The van der Waals surface area contributed by atoms with Crippen molar-refractivity contribution in [2.45, 2.75) is 4.90 Å². The van der Waals surface area contributed by atoms with Gasteiger partial charge in [0, 0.05) is 18.0 Å². The molecule has 9 heteroatoms. The second-order valence-corrected chi connectivity index (χ2v) is 6.28. The Morgan fingerprint density at radius 2 is 1.79 bits per heavy atom. The molecule has 0 radical (unpaired) electrons. The van der Waals surface area contributed by atoms with Gasteiger partial charge in [-0.15, -0.1) is 0 Å². The molecular weight excluding hydrogens is 332 g/mol. The van der Waals surface area contributed by atoms with Crippen LogP contribution in [0.25, 0.3) is 6.08 Å². The van der Waals surface area contributed by atoms with Gasteiger partial charge in [0.05, 0.1) is 15.4 Å². The molecule has 8 nitrogen and oxygen atoms in total. The molecule has 0 amide bonds. The Morgan fingerprint density at radius 1 is 1.12 bits per heavy atom. The normalized spacial score (nSPS) is 11.8. The summed E-state index contributed by atoms with van der Waals surface area (Å²) in [5.74, 6) is 0. The maximum absolute atomic E-state index is 11.9. The van der Waals surface area contributed by atoms with Crippen molar-refractivity contribution in [2.24, 2.45) is 5.10 Å². The number of hydrogen-bond donors (Lipinski definition) is 2. The van der Waals surface area contributed by atoms with E-state index in [1.165, 1.54) is 48.7 Å². The highest BCUT2D eigenvalue weighted by atomic mass is 32.2. The van der Waals surface area contributed by atoms with Gasteiger partial charge in [-0.05, 0) is 42.5 Å². The zero-order valence-electron chi connectivity index (χ0n) is 12.4. The van der Waals surface area contributed by atoms with Crippen molar-refractivity contribution in [2.75, 3.05) is 5.73 Å². The highest BCUT2D eigenvalue weighted by molar-refractivity contribution is 7.89. The summed E-state index contributed by atoms with van der Waals surface area (Å²) in [5.41, 5.74) is 6.28. The Labute approximate surface area is 138 Å². The quantitative estimate of drug-likeness (QED) is 0.358. The fourth-order valence-corrected chi connectivity index (χ4v) is 2.58. The van der Waals surface area contributed by atoms with Gasteiger partial charge >= 0.3 is 0 Å². The van der Waals surface area contributed by atoms with E-state index in [1.54, 1.807) is 18.2 Å². The maximum Gasteiger partial charge on any atom is 0.276 e. The minimum absolute atomic E-state index is 0.0246. The number of nitrogens with two attached hydrogens (primary N) is 1. The third kappa shape index (κ3) is 4.40. The van der Waals surface area contributed by atoms with Gasteiger partial charge in [0.2, 0.25) is 0 Å². The predicted molar refractivity (Wildman–Crippen MR) is 91.8 cm³/mol. The van der Waals surface area contributed by atoms with Gasteiger partial charge < -0.3 is 5.73 Å². The lowest BCUT2D eigenvalue weighted by Crippen LogP contribution is -2.18. The van der Waals surface area contributed by atoms with Crippen LogP contribution in [0.4, 0.5) is 11.4 Å². The summed E-state index contributed by atoms with van der Waals surface area (Å²) in [7, 11) is -3.79. The van der Waals surface area contributed by atoms with Gasteiger partial charge in [-0.2, -0.15) is 13.5 Å². The lowest BCUT2D eigenvalue weighted by atomic mass is 10.2. The minimum atomic E-state index is -3.79. The van der Waals surface area contributed by atoms with Crippen molar-refractivity contribution in [1.82, 2.24) is 4.83 Å². The third-order valence-corrected chi connectivity index (χ3v) is 4.17. The molecule has 0 atom stereocenters. The zero-order valence-corrected chi connectivity index (χ0v) is 13.2. The van der Waals surface area contributed by atoms with E-state index in [2.05, 4.69) is 5.10 Å². The van der Waals surface area contributed by atoms with Gasteiger partial charge in [-0.3, -0.25) is 10.1 Å². The number of para-hydroxylation sites is 1. The number of hydrogen-bond acceptors (Lipinski definition) is 6. The molecule has 24 heavy (non-hydrogen) atoms. The summed E-state index contributed by atoms with van der Waals surface area (Å²) < 4.78 is 23.9. The van der Waals surface area contributed by atoms with Crippen molar-refractivity contribution in [3.05, 3.63) is 70.3 Å². The molecule has 0 bridgehead atoms. The van der Waals surface area contributed by atoms with Crippen LogP contribution < -0.4 is 10.6 Å². The lowest BCUT2D eigenvalue weighted by molar-refractivity contribution is -0.385. The molecule has 0 saturated heterocycles. The molecule has 2 rings (SSSR count). The fraction of sp³-hybridized carbons (Fsp3) is 0. The molecule has 3 N–H and O–H groups in total. The van der Waals surface area contributed by atoms with E-state index >= 15 is 0 Å². The SMILES string of the molecule is Nc1ccc(S(=O)(=O)N/N=C/C=C/c2ccccc2[N+](=O)[O-])cc1. The monoisotopic (exact) mass is 346 g/mol. The second-order valence-electron chi connectivity index (χ2n) is 4.62. The van der Waals surface area contributed by atoms with Crippen LogP contribution >= 0.6 is 0 Å². The summed E-state index contributed by atoms with van der Waals surface area (Å²) >= 11 is 0. The summed E-state index contributed by atoms with van der Waals surface area (Å²) in [4.78, 5) is 12.4. The standard InChI is InChI=1S/C15H14N4O4S/c16-13-7-9-14(10-8-13)24(22,23)18-17-11-3-5-12-4-1-2-6-15(12)19(20)21/h1-11,18H,16H2/b5-3+,17-11+. The molecule has 0 fully saturated rings. The number of nitro groups is 1. The van der Waals surface area contributed by atoms with Crippen LogP contribution in [0.15, 0.2) is 64.6 Å². The summed E-state index contributed by atoms with van der Waals surface area (Å²) in [6.45, 7) is 0. The smallest absolute Gasteiger partial charge is 0.276 e. The van der Waals surface area contributed by atoms with Gasteiger partial charge in [-0.1, -0.05) is 12.1 Å². The number of hydrazone groups is 1. The van der Waals surface area contributed by atoms with E-state index in [0.29, 0.717) is 11.3 Å². The Bertz CT molecular complexity index is 890. The van der Waals surface area contributed by atoms with Gasteiger partial charge in [0.1, 0.15) is 0 Å². The molecule has 0 spiro atoms. The number of anilines is 1. The molecule has 0 unspecified atom stereocenters. The first-order chi connectivity index (χ1) is 11.4. The molecule has 0 aliphatic carbocycles. The molecule has 2 aromatic rings. The number of nitrogens with one attached hydrogen (secondary N) is 1. The summed E-state index contributed by atoms with van der Waals surface area (Å²) in [6, 6.07) is 11.8. The Kier molecular flexibility index (Phi) is 5.27. The molecule has 0 aromatic heterocycles. The van der Waals surface area contributed by atoms with Crippen molar-refractivity contribution in [3.8, 4) is 0 Å². The molecule has 0 heterocycles. The van der Waals surface area contributed by atoms with Crippen molar-refractivity contribution in [1.29, 1.82) is 0 Å². The minimum Gasteiger partial charge on any atom is -0.399 e. The first-order valence-electron chi connectivity index (χ1n) is 6.70. The maximum atomic E-state index is 11.9. The summed E-state index contributed by atoms with van der Waals surface area (Å²) in [6.07, 6.45) is 4.04. The largest absolute Gasteiger partial charge is 0.399 e. The zero-order chi connectivity index (χ0) is 17.6. The molecule has 0 aliphatic rings. The van der Waals surface area contributed by atoms with Crippen LogP contribution in [0.1, 0.15) is 5.56 Å². The van der Waals surface area contributed by atoms with Gasteiger partial charge in [0.15, 0.2) is 0 Å². The Hall–Kier alpha value is -3.20. The molecule has 0 aliphatic heterocycles. The average molecular weight is 346 g/mol. The predicted octanol–water partition coefficient (Wildman–Crippen LogP) is 2.15. The van der Waals surface area contributed by atoms with E-state index in [1.807, 2.05) is 4.83 Å². The highest BCUT2D eigenvalue weighted by Crippen LogP contribution is 2.18. The van der Waals surface area contributed by atoms with E-state index < -0.39 is 14.9 Å². The average Bonchev–Trinajstić information content (AvgIpc) is 2.55. The van der Waals surface area contributed by atoms with E-state index in [-0.39, 0.29) is 10.6 Å². The third-order valence-electron chi connectivity index (χ3n) is 2.93. The number of nitrogen functional groups attached to an aromatic ring is 1. The van der Waals surface area contributed by atoms with E-state index in [9.17, 15) is 18.5 Å². The number of nitrogens with zero attached hydrogens (tertiary/aromatic N) is 2. The van der Waals surface area contributed by atoms with Crippen LogP contribution in [-0.4, -0.2) is 19.6 Å². The highest BCUT2D eigenvalue weighted by Gasteiger charge is 2.11. The molecular formula is C15H14N4O4S. The number of sulfonamides is 1. The number of allylic oxidation sites excluding steroid dienone is 1. The number of nitro benzene ring substituents is 1. The summed E-state index contributed by atoms with van der Waals surface area (Å²) in [5, 5.41) is 14.4. The van der Waals surface area contributed by atoms with Crippen molar-refractivity contribution in [3.63, 3.8) is 0 Å². The van der Waals surface area contributed by atoms with Crippen LogP contribution in [0, 0.1) is 10.1 Å². The van der Waals surface area contributed by atoms with Crippen LogP contribution in [0.2, 0.25) is 0 Å². The first-order valence-corrected chi connectivity index (χ1v) is 8.19.